The Kier molecular flexibility index (Phi) is 6.68. The number of hydrogen-bond acceptors (Lipinski definition) is 2. The molecule has 1 heterocycles. The zero-order valence-electron chi connectivity index (χ0n) is 15.8. The van der Waals surface area contributed by atoms with Gasteiger partial charge in [0.05, 0.1) is 6.54 Å². The largest absolute Gasteiger partial charge is 0.361 e. The topological polar surface area (TPSA) is 81.3 Å². The van der Waals surface area contributed by atoms with Crippen molar-refractivity contribution in [2.24, 2.45) is 4.99 Å². The van der Waals surface area contributed by atoms with Crippen LogP contribution in [0.25, 0.3) is 10.9 Å². The van der Waals surface area contributed by atoms with Gasteiger partial charge in [0, 0.05) is 36.7 Å². The molecule has 0 aliphatic heterocycles. The van der Waals surface area contributed by atoms with Crippen molar-refractivity contribution in [2.75, 3.05) is 20.1 Å². The number of aromatic nitrogens is 1. The van der Waals surface area contributed by atoms with Crippen LogP contribution in [0.2, 0.25) is 0 Å². The number of benzene rings is 1. The summed E-state index contributed by atoms with van der Waals surface area (Å²) < 4.78 is 13.4. The second-order valence-corrected chi connectivity index (χ2v) is 7.01. The van der Waals surface area contributed by atoms with Gasteiger partial charge in [-0.1, -0.05) is 19.3 Å². The highest BCUT2D eigenvalue weighted by molar-refractivity contribution is 5.86. The quantitative estimate of drug-likeness (QED) is 0.464. The highest BCUT2D eigenvalue weighted by atomic mass is 19.1. The lowest BCUT2D eigenvalue weighted by molar-refractivity contribution is -0.120. The number of aromatic amines is 1. The maximum atomic E-state index is 13.4. The van der Waals surface area contributed by atoms with E-state index in [9.17, 15) is 9.18 Å². The van der Waals surface area contributed by atoms with E-state index in [1.165, 1.54) is 25.3 Å². The molecular formula is C20H28FN5O. The molecule has 1 saturated carbocycles. The zero-order chi connectivity index (χ0) is 19.1. The summed E-state index contributed by atoms with van der Waals surface area (Å²) in [6.45, 7) is 0.835. The first-order valence-corrected chi connectivity index (χ1v) is 9.65. The first-order valence-electron chi connectivity index (χ1n) is 9.65. The summed E-state index contributed by atoms with van der Waals surface area (Å²) in [6.07, 6.45) is 8.43. The number of guanidine groups is 1. The maximum absolute atomic E-state index is 13.4. The van der Waals surface area contributed by atoms with E-state index in [0.29, 0.717) is 18.5 Å². The number of nitrogens with one attached hydrogen (secondary N) is 4. The maximum Gasteiger partial charge on any atom is 0.239 e. The van der Waals surface area contributed by atoms with E-state index in [-0.39, 0.29) is 18.3 Å². The lowest BCUT2D eigenvalue weighted by Crippen LogP contribution is -2.46. The van der Waals surface area contributed by atoms with Gasteiger partial charge in [0.15, 0.2) is 5.96 Å². The fourth-order valence-corrected chi connectivity index (χ4v) is 3.58. The van der Waals surface area contributed by atoms with Crippen LogP contribution in [0.4, 0.5) is 4.39 Å². The van der Waals surface area contributed by atoms with E-state index >= 15 is 0 Å². The second-order valence-electron chi connectivity index (χ2n) is 7.01. The average molecular weight is 373 g/mol. The van der Waals surface area contributed by atoms with Crippen LogP contribution in [0.5, 0.6) is 0 Å². The SMILES string of the molecule is CN=C(NCCc1c[nH]c2ccc(F)cc12)NCC(=O)NC1CCCCC1. The van der Waals surface area contributed by atoms with Crippen LogP contribution in [0.3, 0.4) is 0 Å². The fraction of sp³-hybridized carbons (Fsp3) is 0.500. The van der Waals surface area contributed by atoms with Gasteiger partial charge in [-0.15, -0.1) is 0 Å². The number of carbonyl (C=O) groups is 1. The van der Waals surface area contributed by atoms with E-state index in [4.69, 9.17) is 0 Å². The van der Waals surface area contributed by atoms with Gasteiger partial charge >= 0.3 is 0 Å². The van der Waals surface area contributed by atoms with Gasteiger partial charge in [-0.2, -0.15) is 0 Å². The van der Waals surface area contributed by atoms with Crippen molar-refractivity contribution in [1.29, 1.82) is 0 Å². The minimum atomic E-state index is -0.238. The van der Waals surface area contributed by atoms with E-state index in [0.717, 1.165) is 35.7 Å². The Morgan fingerprint density at radius 1 is 1.26 bits per heavy atom. The molecule has 1 fully saturated rings. The van der Waals surface area contributed by atoms with Crippen LogP contribution >= 0.6 is 0 Å². The molecule has 3 rings (SSSR count). The van der Waals surface area contributed by atoms with Gasteiger partial charge in [-0.25, -0.2) is 4.39 Å². The zero-order valence-corrected chi connectivity index (χ0v) is 15.8. The number of hydrogen-bond donors (Lipinski definition) is 4. The molecule has 0 radical (unpaired) electrons. The van der Waals surface area contributed by atoms with Gasteiger partial charge in [0.1, 0.15) is 5.82 Å². The molecule has 0 bridgehead atoms. The lowest BCUT2D eigenvalue weighted by Gasteiger charge is -2.23. The van der Waals surface area contributed by atoms with Crippen LogP contribution in [0.1, 0.15) is 37.7 Å². The number of nitrogens with zero attached hydrogens (tertiary/aromatic N) is 1. The van der Waals surface area contributed by atoms with Crippen LogP contribution < -0.4 is 16.0 Å². The number of amides is 1. The number of halogens is 1. The van der Waals surface area contributed by atoms with Crippen LogP contribution in [0, 0.1) is 5.82 Å². The number of rotatable bonds is 6. The third-order valence-electron chi connectivity index (χ3n) is 5.03. The molecule has 146 valence electrons. The van der Waals surface area contributed by atoms with Gasteiger partial charge in [0.25, 0.3) is 0 Å². The summed E-state index contributed by atoms with van der Waals surface area (Å²) in [6, 6.07) is 5.05. The highest BCUT2D eigenvalue weighted by Crippen LogP contribution is 2.19. The molecular weight excluding hydrogens is 345 g/mol. The van der Waals surface area contributed by atoms with Crippen molar-refractivity contribution in [3.05, 3.63) is 35.8 Å². The number of aliphatic imine (C=N–C) groups is 1. The Morgan fingerprint density at radius 3 is 2.85 bits per heavy atom. The monoisotopic (exact) mass is 373 g/mol. The van der Waals surface area contributed by atoms with E-state index < -0.39 is 0 Å². The van der Waals surface area contributed by atoms with Gasteiger partial charge in [-0.3, -0.25) is 9.79 Å². The van der Waals surface area contributed by atoms with E-state index in [2.05, 4.69) is 25.9 Å². The third-order valence-corrected chi connectivity index (χ3v) is 5.03. The molecule has 6 nitrogen and oxygen atoms in total. The number of H-pyrrole nitrogens is 1. The minimum Gasteiger partial charge on any atom is -0.361 e. The predicted molar refractivity (Wildman–Crippen MR) is 106 cm³/mol. The Bertz CT molecular complexity index is 795. The molecule has 1 aromatic heterocycles. The molecule has 2 aromatic rings. The van der Waals surface area contributed by atoms with Crippen LogP contribution in [-0.4, -0.2) is 43.0 Å². The predicted octanol–water partition coefficient (Wildman–Crippen LogP) is 2.46. The number of carbonyl (C=O) groups excluding carboxylic acids is 1. The molecule has 0 spiro atoms. The Hall–Kier alpha value is -2.57. The third kappa shape index (κ3) is 5.45. The Morgan fingerprint density at radius 2 is 2.07 bits per heavy atom. The Balaban J connectivity index is 1.42. The first kappa shape index (κ1) is 19.2. The summed E-state index contributed by atoms with van der Waals surface area (Å²) in [5.74, 6) is 0.342. The van der Waals surface area contributed by atoms with E-state index in [1.54, 1.807) is 19.2 Å². The molecule has 1 amide bonds. The van der Waals surface area contributed by atoms with Gasteiger partial charge in [0.2, 0.25) is 5.91 Å². The van der Waals surface area contributed by atoms with Crippen LogP contribution in [0.15, 0.2) is 29.4 Å². The second kappa shape index (κ2) is 9.39. The smallest absolute Gasteiger partial charge is 0.239 e. The summed E-state index contributed by atoms with van der Waals surface area (Å²) in [4.78, 5) is 19.4. The molecule has 1 aliphatic rings. The minimum absolute atomic E-state index is 0.00282. The fourth-order valence-electron chi connectivity index (χ4n) is 3.58. The lowest BCUT2D eigenvalue weighted by atomic mass is 9.95. The summed E-state index contributed by atoms with van der Waals surface area (Å²) >= 11 is 0. The summed E-state index contributed by atoms with van der Waals surface area (Å²) in [5.41, 5.74) is 1.97. The summed E-state index contributed by atoms with van der Waals surface area (Å²) in [7, 11) is 1.68. The molecule has 0 atom stereocenters. The van der Waals surface area contributed by atoms with Gasteiger partial charge < -0.3 is 20.9 Å². The molecule has 4 N–H and O–H groups in total. The molecule has 1 aromatic carbocycles. The Labute approximate surface area is 159 Å². The molecule has 27 heavy (non-hydrogen) atoms. The van der Waals surface area contributed by atoms with Crippen molar-refractivity contribution in [2.45, 2.75) is 44.6 Å². The van der Waals surface area contributed by atoms with Gasteiger partial charge in [-0.05, 0) is 43.0 Å². The first-order chi connectivity index (χ1) is 13.2. The molecule has 7 heteroatoms. The molecule has 0 saturated heterocycles. The van der Waals surface area contributed by atoms with Crippen molar-refractivity contribution < 1.29 is 9.18 Å². The average Bonchev–Trinajstić information content (AvgIpc) is 3.07. The normalized spacial score (nSPS) is 15.7. The van der Waals surface area contributed by atoms with Crippen LogP contribution in [-0.2, 0) is 11.2 Å². The highest BCUT2D eigenvalue weighted by Gasteiger charge is 2.15. The van der Waals surface area contributed by atoms with Crippen molar-refractivity contribution in [1.82, 2.24) is 20.9 Å². The standard InChI is InChI=1S/C20H28FN5O/c1-22-20(25-13-19(27)26-16-5-3-2-4-6-16)23-10-9-14-12-24-18-8-7-15(21)11-17(14)18/h7-8,11-12,16,24H,2-6,9-10,13H2,1H3,(H,26,27)(H2,22,23,25). The van der Waals surface area contributed by atoms with Crippen molar-refractivity contribution in [3.63, 3.8) is 0 Å². The van der Waals surface area contributed by atoms with E-state index in [1.807, 2.05) is 6.20 Å². The molecule has 0 unspecified atom stereocenters. The van der Waals surface area contributed by atoms with Crippen molar-refractivity contribution in [3.8, 4) is 0 Å². The van der Waals surface area contributed by atoms with Crippen molar-refractivity contribution >= 4 is 22.8 Å². The number of fused-ring (bicyclic) bond motifs is 1. The molecule has 1 aliphatic carbocycles. The summed E-state index contributed by atoms with van der Waals surface area (Å²) in [5, 5.41) is 10.2.